The number of nitrogens with one attached hydrogen (secondary N) is 1. The number of hydrogen-bond acceptors (Lipinski definition) is 2. The van der Waals surface area contributed by atoms with Gasteiger partial charge in [-0.3, -0.25) is 0 Å². The predicted molar refractivity (Wildman–Crippen MR) is 124 cm³/mol. The molecule has 1 aliphatic carbocycles. The highest BCUT2D eigenvalue weighted by molar-refractivity contribution is 6.30. The molecule has 162 valence electrons. The van der Waals surface area contributed by atoms with Crippen LogP contribution in [-0.2, 0) is 6.54 Å². The standard InChI is InChI=1S/C25H27ClFN3O/c1-16-12-17(2)23-18(13-16)14-19(24(26)29-23)15-30(20-8-4-3-5-9-20)25(31)28-22-11-7-6-10-21(22)27/h6-7,10-14,20H,3-5,8-9,15H2,1-2H3,(H,28,31). The van der Waals surface area contributed by atoms with Crippen molar-refractivity contribution >= 4 is 34.2 Å². The second-order valence-electron chi connectivity index (χ2n) is 8.42. The minimum atomic E-state index is -0.448. The van der Waals surface area contributed by atoms with Crippen LogP contribution in [0.1, 0.15) is 48.8 Å². The fraction of sp³-hybridized carbons (Fsp3) is 0.360. The number of aryl methyl sites for hydroxylation is 2. The molecule has 1 heterocycles. The monoisotopic (exact) mass is 439 g/mol. The van der Waals surface area contributed by atoms with Crippen LogP contribution >= 0.6 is 11.6 Å². The van der Waals surface area contributed by atoms with Gasteiger partial charge in [-0.05, 0) is 56.5 Å². The van der Waals surface area contributed by atoms with Gasteiger partial charge in [0.1, 0.15) is 11.0 Å². The molecule has 1 aliphatic rings. The van der Waals surface area contributed by atoms with Crippen molar-refractivity contribution in [1.82, 2.24) is 9.88 Å². The van der Waals surface area contributed by atoms with Gasteiger partial charge in [0, 0.05) is 17.0 Å². The number of pyridine rings is 1. The number of halogens is 2. The van der Waals surface area contributed by atoms with Crippen LogP contribution in [0.3, 0.4) is 0 Å². The summed E-state index contributed by atoms with van der Waals surface area (Å²) in [7, 11) is 0. The third kappa shape index (κ3) is 4.82. The van der Waals surface area contributed by atoms with Crippen molar-refractivity contribution in [2.45, 2.75) is 58.5 Å². The molecule has 4 nitrogen and oxygen atoms in total. The highest BCUT2D eigenvalue weighted by atomic mass is 35.5. The normalized spacial score (nSPS) is 14.6. The van der Waals surface area contributed by atoms with Gasteiger partial charge in [-0.15, -0.1) is 0 Å². The van der Waals surface area contributed by atoms with Gasteiger partial charge in [-0.2, -0.15) is 0 Å². The van der Waals surface area contributed by atoms with Gasteiger partial charge in [0.05, 0.1) is 17.7 Å². The van der Waals surface area contributed by atoms with Crippen LogP contribution in [0.5, 0.6) is 0 Å². The number of benzene rings is 2. The number of fused-ring (bicyclic) bond motifs is 1. The predicted octanol–water partition coefficient (Wildman–Crippen LogP) is 7.01. The zero-order valence-electron chi connectivity index (χ0n) is 17.9. The van der Waals surface area contributed by atoms with Crippen molar-refractivity contribution in [1.29, 1.82) is 0 Å². The minimum Gasteiger partial charge on any atom is -0.317 e. The van der Waals surface area contributed by atoms with E-state index in [2.05, 4.69) is 29.4 Å². The number of carbonyl (C=O) groups excluding carboxylic acids is 1. The molecule has 6 heteroatoms. The van der Waals surface area contributed by atoms with Crippen LogP contribution in [0.4, 0.5) is 14.9 Å². The Morgan fingerprint density at radius 2 is 1.90 bits per heavy atom. The van der Waals surface area contributed by atoms with E-state index in [4.69, 9.17) is 11.6 Å². The average Bonchev–Trinajstić information content (AvgIpc) is 2.75. The number of rotatable bonds is 4. The Hall–Kier alpha value is -2.66. The van der Waals surface area contributed by atoms with Crippen LogP contribution in [0.15, 0.2) is 42.5 Å². The Labute approximate surface area is 187 Å². The first-order valence-corrected chi connectivity index (χ1v) is 11.2. The Kier molecular flexibility index (Phi) is 6.42. The first-order valence-electron chi connectivity index (χ1n) is 10.8. The highest BCUT2D eigenvalue weighted by Crippen LogP contribution is 2.29. The number of anilines is 1. The van der Waals surface area contributed by atoms with E-state index >= 15 is 0 Å². The van der Waals surface area contributed by atoms with E-state index in [0.29, 0.717) is 11.7 Å². The summed E-state index contributed by atoms with van der Waals surface area (Å²) in [5.74, 6) is -0.448. The largest absolute Gasteiger partial charge is 0.322 e. The number of carbonyl (C=O) groups is 1. The third-order valence-electron chi connectivity index (χ3n) is 6.01. The van der Waals surface area contributed by atoms with E-state index in [-0.39, 0.29) is 17.8 Å². The second-order valence-corrected chi connectivity index (χ2v) is 8.78. The molecule has 0 radical (unpaired) electrons. The zero-order valence-corrected chi connectivity index (χ0v) is 18.7. The van der Waals surface area contributed by atoms with Crippen LogP contribution in [0.2, 0.25) is 5.15 Å². The van der Waals surface area contributed by atoms with Crippen LogP contribution in [0, 0.1) is 19.7 Å². The molecule has 2 amide bonds. The first-order chi connectivity index (χ1) is 14.9. The van der Waals surface area contributed by atoms with E-state index in [1.165, 1.54) is 12.5 Å². The topological polar surface area (TPSA) is 45.2 Å². The van der Waals surface area contributed by atoms with Gasteiger partial charge in [0.25, 0.3) is 0 Å². The molecular formula is C25H27ClFN3O. The molecule has 1 fully saturated rings. The molecule has 1 saturated carbocycles. The van der Waals surface area contributed by atoms with Gasteiger partial charge in [0.15, 0.2) is 0 Å². The second kappa shape index (κ2) is 9.23. The Morgan fingerprint density at radius 1 is 1.16 bits per heavy atom. The first kappa shape index (κ1) is 21.6. The third-order valence-corrected chi connectivity index (χ3v) is 6.34. The molecule has 4 rings (SSSR count). The summed E-state index contributed by atoms with van der Waals surface area (Å²) >= 11 is 6.56. The summed E-state index contributed by atoms with van der Waals surface area (Å²) in [6, 6.07) is 12.2. The summed E-state index contributed by atoms with van der Waals surface area (Å²) in [6.07, 6.45) is 5.20. The summed E-state index contributed by atoms with van der Waals surface area (Å²) in [4.78, 5) is 19.6. The Balaban J connectivity index is 1.66. The summed E-state index contributed by atoms with van der Waals surface area (Å²) in [6.45, 7) is 4.41. The van der Waals surface area contributed by atoms with Crippen molar-refractivity contribution in [3.05, 3.63) is 70.1 Å². The van der Waals surface area contributed by atoms with Crippen molar-refractivity contribution in [3.8, 4) is 0 Å². The van der Waals surface area contributed by atoms with E-state index in [1.807, 2.05) is 13.0 Å². The SMILES string of the molecule is Cc1cc(C)c2nc(Cl)c(CN(C(=O)Nc3ccccc3F)C3CCCCC3)cc2c1. The van der Waals surface area contributed by atoms with E-state index in [0.717, 1.165) is 53.3 Å². The number of amides is 2. The molecule has 3 aromatic rings. The van der Waals surface area contributed by atoms with Crippen molar-refractivity contribution in [3.63, 3.8) is 0 Å². The summed E-state index contributed by atoms with van der Waals surface area (Å²) in [5.41, 5.74) is 4.08. The maximum atomic E-state index is 14.1. The van der Waals surface area contributed by atoms with Crippen molar-refractivity contribution < 1.29 is 9.18 Å². The molecule has 0 unspecified atom stereocenters. The van der Waals surface area contributed by atoms with Gasteiger partial charge in [-0.1, -0.05) is 54.6 Å². The van der Waals surface area contributed by atoms with Crippen molar-refractivity contribution in [2.24, 2.45) is 0 Å². The molecule has 1 N–H and O–H groups in total. The lowest BCUT2D eigenvalue weighted by Gasteiger charge is -2.34. The molecular weight excluding hydrogens is 413 g/mol. The molecule has 0 bridgehead atoms. The molecule has 0 aliphatic heterocycles. The lowest BCUT2D eigenvalue weighted by Crippen LogP contribution is -2.43. The molecule has 2 aromatic carbocycles. The fourth-order valence-electron chi connectivity index (χ4n) is 4.48. The van der Waals surface area contributed by atoms with Gasteiger partial charge >= 0.3 is 6.03 Å². The van der Waals surface area contributed by atoms with Crippen LogP contribution in [0.25, 0.3) is 10.9 Å². The quantitative estimate of drug-likeness (QED) is 0.444. The minimum absolute atomic E-state index is 0.0894. The summed E-state index contributed by atoms with van der Waals surface area (Å²) < 4.78 is 14.1. The number of para-hydroxylation sites is 1. The van der Waals surface area contributed by atoms with Gasteiger partial charge in [-0.25, -0.2) is 14.2 Å². The van der Waals surface area contributed by atoms with Crippen LogP contribution in [-0.4, -0.2) is 22.0 Å². The van der Waals surface area contributed by atoms with Gasteiger partial charge < -0.3 is 10.2 Å². The molecule has 0 spiro atoms. The molecule has 1 aromatic heterocycles. The van der Waals surface area contributed by atoms with E-state index in [1.54, 1.807) is 23.1 Å². The zero-order chi connectivity index (χ0) is 22.0. The molecule has 0 saturated heterocycles. The maximum absolute atomic E-state index is 14.1. The lowest BCUT2D eigenvalue weighted by atomic mass is 9.94. The number of nitrogens with zero attached hydrogens (tertiary/aromatic N) is 2. The number of hydrogen-bond donors (Lipinski definition) is 1. The summed E-state index contributed by atoms with van der Waals surface area (Å²) in [5, 5.41) is 4.16. The highest BCUT2D eigenvalue weighted by Gasteiger charge is 2.27. The van der Waals surface area contributed by atoms with Crippen LogP contribution < -0.4 is 5.32 Å². The molecule has 0 atom stereocenters. The lowest BCUT2D eigenvalue weighted by molar-refractivity contribution is 0.162. The Morgan fingerprint density at radius 3 is 2.65 bits per heavy atom. The van der Waals surface area contributed by atoms with E-state index in [9.17, 15) is 9.18 Å². The number of urea groups is 1. The number of aromatic nitrogens is 1. The molecule has 31 heavy (non-hydrogen) atoms. The average molecular weight is 440 g/mol. The Bertz CT molecular complexity index is 1110. The van der Waals surface area contributed by atoms with Gasteiger partial charge in [0.2, 0.25) is 0 Å². The smallest absolute Gasteiger partial charge is 0.317 e. The van der Waals surface area contributed by atoms with Crippen molar-refractivity contribution in [2.75, 3.05) is 5.32 Å². The van der Waals surface area contributed by atoms with E-state index < -0.39 is 5.82 Å². The maximum Gasteiger partial charge on any atom is 0.322 e. The fourth-order valence-corrected chi connectivity index (χ4v) is 4.68.